The number of rotatable bonds is 6. The van der Waals surface area contributed by atoms with Gasteiger partial charge in [-0.05, 0) is 49.9 Å². The molecule has 6 nitrogen and oxygen atoms in total. The summed E-state index contributed by atoms with van der Waals surface area (Å²) < 4.78 is 44.3. The third-order valence-corrected chi connectivity index (χ3v) is 5.19. The second-order valence-electron chi connectivity index (χ2n) is 6.59. The quantitative estimate of drug-likeness (QED) is 0.647. The molecule has 160 valence electrons. The fraction of sp³-hybridized carbons (Fsp3) is 0.350. The zero-order valence-electron chi connectivity index (χ0n) is 16.0. The lowest BCUT2D eigenvalue weighted by molar-refractivity contribution is -0.0933. The molecule has 0 radical (unpaired) electrons. The molecule has 1 aromatic heterocycles. The van der Waals surface area contributed by atoms with Gasteiger partial charge in [0.1, 0.15) is 18.1 Å². The third-order valence-electron chi connectivity index (χ3n) is 4.50. The van der Waals surface area contributed by atoms with E-state index >= 15 is 0 Å². The Morgan fingerprint density at radius 1 is 1.23 bits per heavy atom. The molecule has 30 heavy (non-hydrogen) atoms. The lowest BCUT2D eigenvalue weighted by Crippen LogP contribution is -2.26. The van der Waals surface area contributed by atoms with Gasteiger partial charge in [0, 0.05) is 28.4 Å². The molecule has 0 unspecified atom stereocenters. The average molecular weight is 438 g/mol. The first-order valence-electron chi connectivity index (χ1n) is 9.38. The molecule has 0 saturated heterocycles. The number of nitrogens with one attached hydrogen (secondary N) is 1. The number of carbonyl (C=O) groups is 1. The van der Waals surface area contributed by atoms with Crippen molar-refractivity contribution in [1.82, 2.24) is 4.98 Å². The summed E-state index contributed by atoms with van der Waals surface area (Å²) in [6, 6.07) is 6.54. The van der Waals surface area contributed by atoms with Crippen LogP contribution in [0.15, 0.2) is 52.1 Å². The van der Waals surface area contributed by atoms with Crippen molar-refractivity contribution in [3.63, 3.8) is 0 Å². The lowest BCUT2D eigenvalue weighted by Gasteiger charge is -2.21. The number of thiazole rings is 1. The maximum atomic E-state index is 12.9. The van der Waals surface area contributed by atoms with Crippen LogP contribution in [0.5, 0.6) is 5.75 Å². The smallest absolute Gasteiger partial charge is 0.431 e. The predicted molar refractivity (Wildman–Crippen MR) is 110 cm³/mol. The monoisotopic (exact) mass is 438 g/mol. The molecule has 0 aliphatic heterocycles. The number of carbonyl (C=O) groups excluding carboxylic acids is 1. The topological polar surface area (TPSA) is 89.6 Å². The van der Waals surface area contributed by atoms with Crippen LogP contribution in [0.2, 0.25) is 0 Å². The summed E-state index contributed by atoms with van der Waals surface area (Å²) >= 11 is 1.32. The molecule has 1 aliphatic rings. The van der Waals surface area contributed by atoms with Crippen molar-refractivity contribution in [1.29, 1.82) is 0 Å². The van der Waals surface area contributed by atoms with Crippen molar-refractivity contribution in [3.8, 4) is 5.75 Å². The van der Waals surface area contributed by atoms with E-state index in [1.807, 2.05) is 0 Å². The van der Waals surface area contributed by atoms with Crippen LogP contribution in [-0.2, 0) is 0 Å². The van der Waals surface area contributed by atoms with Crippen molar-refractivity contribution in [3.05, 3.63) is 52.7 Å². The van der Waals surface area contributed by atoms with Gasteiger partial charge in [-0.3, -0.25) is 15.1 Å². The van der Waals surface area contributed by atoms with E-state index < -0.39 is 11.9 Å². The normalized spacial score (nSPS) is 17.6. The number of alkyl halides is 3. The number of benzene rings is 1. The van der Waals surface area contributed by atoms with Gasteiger partial charge in [0.15, 0.2) is 5.13 Å². The summed E-state index contributed by atoms with van der Waals surface area (Å²) in [6.07, 6.45) is -0.713. The molecule has 1 aromatic carbocycles. The SMILES string of the molecule is NC(=C1CCCCC1=NCCOc1ccc(C(=O)Nc2nccs2)cc1)C(F)(F)F. The van der Waals surface area contributed by atoms with Crippen molar-refractivity contribution in [2.45, 2.75) is 31.9 Å². The number of hydrogen-bond donors (Lipinski definition) is 2. The van der Waals surface area contributed by atoms with Crippen LogP contribution in [-0.4, -0.2) is 35.9 Å². The highest BCUT2D eigenvalue weighted by Crippen LogP contribution is 2.30. The third kappa shape index (κ3) is 5.82. The lowest BCUT2D eigenvalue weighted by atomic mass is 9.91. The largest absolute Gasteiger partial charge is 0.492 e. The van der Waals surface area contributed by atoms with Crippen LogP contribution in [0.1, 0.15) is 36.0 Å². The second-order valence-corrected chi connectivity index (χ2v) is 7.48. The number of aromatic nitrogens is 1. The zero-order chi connectivity index (χ0) is 21.6. The summed E-state index contributed by atoms with van der Waals surface area (Å²) in [5, 5.41) is 4.96. The van der Waals surface area contributed by atoms with Gasteiger partial charge in [0.05, 0.1) is 6.54 Å². The number of anilines is 1. The number of halogens is 3. The number of hydrogen-bond acceptors (Lipinski definition) is 6. The average Bonchev–Trinajstić information content (AvgIpc) is 3.24. The molecule has 1 fully saturated rings. The molecule has 0 bridgehead atoms. The summed E-state index contributed by atoms with van der Waals surface area (Å²) in [7, 11) is 0. The summed E-state index contributed by atoms with van der Waals surface area (Å²) in [4.78, 5) is 20.4. The maximum absolute atomic E-state index is 12.9. The summed E-state index contributed by atoms with van der Waals surface area (Å²) in [6.45, 7) is 0.420. The first-order chi connectivity index (χ1) is 14.3. The first-order valence-corrected chi connectivity index (χ1v) is 10.3. The molecule has 3 N–H and O–H groups in total. The minimum atomic E-state index is -4.54. The summed E-state index contributed by atoms with van der Waals surface area (Å²) in [5.74, 6) is 0.261. The van der Waals surface area contributed by atoms with Crippen LogP contribution in [0.3, 0.4) is 0 Å². The molecule has 0 spiro atoms. The number of nitrogens with zero attached hydrogens (tertiary/aromatic N) is 2. The van der Waals surface area contributed by atoms with Gasteiger partial charge in [-0.25, -0.2) is 4.98 Å². The van der Waals surface area contributed by atoms with E-state index in [9.17, 15) is 18.0 Å². The van der Waals surface area contributed by atoms with E-state index in [0.29, 0.717) is 35.0 Å². The fourth-order valence-electron chi connectivity index (χ4n) is 3.03. The van der Waals surface area contributed by atoms with Gasteiger partial charge in [0.2, 0.25) is 0 Å². The minimum absolute atomic E-state index is 0.101. The first kappa shape index (κ1) is 21.8. The molecule has 1 amide bonds. The Hall–Kier alpha value is -2.88. The van der Waals surface area contributed by atoms with E-state index in [-0.39, 0.29) is 31.1 Å². The standard InChI is InChI=1S/C20H21F3N4O2S/c21-20(22,23)17(24)15-3-1-2-4-16(15)25-9-11-29-14-7-5-13(6-8-14)18(28)27-19-26-10-12-30-19/h5-8,10,12H,1-4,9,11,24H2,(H,26,27,28). The Balaban J connectivity index is 1.54. The molecule has 1 saturated carbocycles. The van der Waals surface area contributed by atoms with Crippen LogP contribution >= 0.6 is 11.3 Å². The van der Waals surface area contributed by atoms with Crippen LogP contribution < -0.4 is 15.8 Å². The minimum Gasteiger partial charge on any atom is -0.492 e. The van der Waals surface area contributed by atoms with E-state index in [0.717, 1.165) is 6.42 Å². The van der Waals surface area contributed by atoms with Crippen molar-refractivity contribution in [2.24, 2.45) is 10.7 Å². The Labute approximate surface area is 175 Å². The molecule has 1 heterocycles. The maximum Gasteiger partial charge on any atom is 0.431 e. The van der Waals surface area contributed by atoms with Gasteiger partial charge < -0.3 is 10.5 Å². The second kappa shape index (κ2) is 9.75. The van der Waals surface area contributed by atoms with Gasteiger partial charge in [-0.2, -0.15) is 13.2 Å². The Kier molecular flexibility index (Phi) is 7.09. The Bertz CT molecular complexity index is 923. The number of amides is 1. The van der Waals surface area contributed by atoms with E-state index in [2.05, 4.69) is 15.3 Å². The summed E-state index contributed by atoms with van der Waals surface area (Å²) in [5.41, 5.74) is 5.22. The Morgan fingerprint density at radius 2 is 1.97 bits per heavy atom. The molecule has 2 aromatic rings. The van der Waals surface area contributed by atoms with Crippen LogP contribution in [0, 0.1) is 0 Å². The predicted octanol–water partition coefficient (Wildman–Crippen LogP) is 4.56. The van der Waals surface area contributed by atoms with Crippen molar-refractivity contribution < 1.29 is 22.7 Å². The molecule has 10 heteroatoms. The Morgan fingerprint density at radius 3 is 2.63 bits per heavy atom. The highest BCUT2D eigenvalue weighted by molar-refractivity contribution is 7.13. The van der Waals surface area contributed by atoms with Crippen molar-refractivity contribution >= 4 is 28.1 Å². The molecule has 0 atom stereocenters. The van der Waals surface area contributed by atoms with Gasteiger partial charge in [0.25, 0.3) is 5.91 Å². The zero-order valence-corrected chi connectivity index (χ0v) is 16.9. The van der Waals surface area contributed by atoms with Crippen LogP contribution in [0.4, 0.5) is 18.3 Å². The molecule has 3 rings (SSSR count). The number of nitrogens with two attached hydrogens (primary N) is 1. The molecular formula is C20H21F3N4O2S. The number of aliphatic imine (C=N–C) groups is 1. The van der Waals surface area contributed by atoms with Gasteiger partial charge >= 0.3 is 6.18 Å². The highest BCUT2D eigenvalue weighted by atomic mass is 32.1. The van der Waals surface area contributed by atoms with E-state index in [1.165, 1.54) is 11.3 Å². The van der Waals surface area contributed by atoms with Gasteiger partial charge in [-0.1, -0.05) is 0 Å². The highest BCUT2D eigenvalue weighted by Gasteiger charge is 2.35. The number of ether oxygens (including phenoxy) is 1. The van der Waals surface area contributed by atoms with Crippen LogP contribution in [0.25, 0.3) is 0 Å². The van der Waals surface area contributed by atoms with E-state index in [4.69, 9.17) is 10.5 Å². The fourth-order valence-corrected chi connectivity index (χ4v) is 3.55. The van der Waals surface area contributed by atoms with Crippen molar-refractivity contribution in [2.75, 3.05) is 18.5 Å². The molecule has 1 aliphatic carbocycles. The van der Waals surface area contributed by atoms with Gasteiger partial charge in [-0.15, -0.1) is 11.3 Å². The molecular weight excluding hydrogens is 417 g/mol. The number of allylic oxidation sites excluding steroid dienone is 2. The van der Waals surface area contributed by atoms with E-state index in [1.54, 1.807) is 35.8 Å².